The maximum absolute atomic E-state index is 12.7. The number of rotatable bonds is 5. The smallest absolute Gasteiger partial charge is 0.351 e. The molecule has 0 unspecified atom stereocenters. The molecule has 1 aliphatic heterocycles. The van der Waals surface area contributed by atoms with Gasteiger partial charge in [-0.25, -0.2) is 18.9 Å². The molecule has 158 valence electrons. The molecule has 2 aromatic carbocycles. The molecule has 0 atom stereocenters. The standard InChI is InChI=1S/C23H24N6O2/c1-31-20-9-5-6-18(14-20)16-29-23(30)28-17-24-21(15-22(28)25-29)27-12-10-26(11-13-27)19-7-3-2-4-8-19/h2-9,14-15,17H,10-13,16H2,1H3. The highest BCUT2D eigenvalue weighted by atomic mass is 16.5. The van der Waals surface area contributed by atoms with Crippen molar-refractivity contribution >= 4 is 17.2 Å². The summed E-state index contributed by atoms with van der Waals surface area (Å²) >= 11 is 0. The van der Waals surface area contributed by atoms with E-state index in [1.54, 1.807) is 13.4 Å². The first kappa shape index (κ1) is 19.2. The van der Waals surface area contributed by atoms with Crippen LogP contribution in [0.25, 0.3) is 5.65 Å². The molecule has 8 nitrogen and oxygen atoms in total. The molecule has 1 aliphatic rings. The molecule has 3 heterocycles. The van der Waals surface area contributed by atoms with E-state index in [2.05, 4.69) is 44.1 Å². The lowest BCUT2D eigenvalue weighted by Gasteiger charge is -2.36. The summed E-state index contributed by atoms with van der Waals surface area (Å²) in [6.45, 7) is 3.96. The summed E-state index contributed by atoms with van der Waals surface area (Å²) in [5.41, 5.74) is 2.60. The second kappa shape index (κ2) is 8.14. The van der Waals surface area contributed by atoms with Gasteiger partial charge in [0.25, 0.3) is 0 Å². The normalized spacial score (nSPS) is 14.2. The van der Waals surface area contributed by atoms with E-state index in [1.165, 1.54) is 14.8 Å². The summed E-state index contributed by atoms with van der Waals surface area (Å²) < 4.78 is 8.22. The molecular weight excluding hydrogens is 392 g/mol. The minimum atomic E-state index is -0.203. The van der Waals surface area contributed by atoms with E-state index in [0.29, 0.717) is 12.2 Å². The number of fused-ring (bicyclic) bond motifs is 1. The van der Waals surface area contributed by atoms with Gasteiger partial charge in [-0.15, -0.1) is 5.10 Å². The molecule has 8 heteroatoms. The minimum Gasteiger partial charge on any atom is -0.497 e. The van der Waals surface area contributed by atoms with Crippen molar-refractivity contribution in [3.63, 3.8) is 0 Å². The first-order chi connectivity index (χ1) is 15.2. The molecule has 0 radical (unpaired) electrons. The fourth-order valence-electron chi connectivity index (χ4n) is 3.97. The van der Waals surface area contributed by atoms with Crippen LogP contribution in [-0.4, -0.2) is 52.5 Å². The first-order valence-corrected chi connectivity index (χ1v) is 10.3. The van der Waals surface area contributed by atoms with E-state index in [-0.39, 0.29) is 5.69 Å². The van der Waals surface area contributed by atoms with Gasteiger partial charge >= 0.3 is 5.69 Å². The van der Waals surface area contributed by atoms with Crippen LogP contribution in [0.3, 0.4) is 0 Å². The van der Waals surface area contributed by atoms with Crippen molar-refractivity contribution in [2.45, 2.75) is 6.54 Å². The highest BCUT2D eigenvalue weighted by molar-refractivity contribution is 5.53. The monoisotopic (exact) mass is 416 g/mol. The van der Waals surface area contributed by atoms with Gasteiger partial charge in [-0.2, -0.15) is 0 Å². The molecule has 0 saturated carbocycles. The van der Waals surface area contributed by atoms with Crippen molar-refractivity contribution in [1.82, 2.24) is 19.2 Å². The first-order valence-electron chi connectivity index (χ1n) is 10.3. The molecule has 1 fully saturated rings. The highest BCUT2D eigenvalue weighted by Gasteiger charge is 2.19. The van der Waals surface area contributed by atoms with Gasteiger partial charge in [0.2, 0.25) is 0 Å². The molecule has 0 amide bonds. The van der Waals surface area contributed by atoms with Crippen molar-refractivity contribution in [2.75, 3.05) is 43.1 Å². The number of piperazine rings is 1. The molecular formula is C23H24N6O2. The summed E-state index contributed by atoms with van der Waals surface area (Å²) in [4.78, 5) is 21.9. The van der Waals surface area contributed by atoms with Crippen LogP contribution in [0.1, 0.15) is 5.56 Å². The number of para-hydroxylation sites is 1. The zero-order valence-corrected chi connectivity index (χ0v) is 17.4. The number of methoxy groups -OCH3 is 1. The number of nitrogens with zero attached hydrogens (tertiary/aromatic N) is 6. The Balaban J connectivity index is 1.34. The van der Waals surface area contributed by atoms with Crippen molar-refractivity contribution in [3.05, 3.63) is 83.0 Å². The zero-order valence-electron chi connectivity index (χ0n) is 17.4. The van der Waals surface area contributed by atoms with Crippen LogP contribution in [0.4, 0.5) is 11.5 Å². The Bertz CT molecular complexity index is 1240. The number of hydrogen-bond donors (Lipinski definition) is 0. The number of hydrogen-bond acceptors (Lipinski definition) is 6. The predicted octanol–water partition coefficient (Wildman–Crippen LogP) is 2.27. The third kappa shape index (κ3) is 3.84. The fourth-order valence-corrected chi connectivity index (χ4v) is 3.97. The molecule has 2 aromatic heterocycles. The van der Waals surface area contributed by atoms with Gasteiger partial charge in [0, 0.05) is 37.9 Å². The highest BCUT2D eigenvalue weighted by Crippen LogP contribution is 2.19. The van der Waals surface area contributed by atoms with Crippen LogP contribution < -0.4 is 20.2 Å². The molecule has 0 spiro atoms. The van der Waals surface area contributed by atoms with Crippen molar-refractivity contribution in [1.29, 1.82) is 0 Å². The van der Waals surface area contributed by atoms with Crippen LogP contribution in [0.2, 0.25) is 0 Å². The summed E-state index contributed by atoms with van der Waals surface area (Å²) in [5, 5.41) is 4.53. The average Bonchev–Trinajstić information content (AvgIpc) is 3.14. The number of ether oxygens (including phenoxy) is 1. The van der Waals surface area contributed by atoms with Crippen LogP contribution in [0.15, 0.2) is 71.8 Å². The summed E-state index contributed by atoms with van der Waals surface area (Å²) in [6, 6.07) is 20.0. The van der Waals surface area contributed by atoms with Gasteiger partial charge in [0.05, 0.1) is 13.7 Å². The van der Waals surface area contributed by atoms with Gasteiger partial charge in [-0.3, -0.25) is 0 Å². The van der Waals surface area contributed by atoms with Gasteiger partial charge in [-0.05, 0) is 29.8 Å². The number of aromatic nitrogens is 4. The van der Waals surface area contributed by atoms with Gasteiger partial charge < -0.3 is 14.5 Å². The quantitative estimate of drug-likeness (QED) is 0.497. The third-order valence-electron chi connectivity index (χ3n) is 5.65. The SMILES string of the molecule is COc1cccc(Cn2nc3cc(N4CCN(c5ccccc5)CC4)ncn3c2=O)c1. The molecule has 0 aliphatic carbocycles. The topological polar surface area (TPSA) is 67.9 Å². The fraction of sp³-hybridized carbons (Fsp3) is 0.261. The molecule has 0 N–H and O–H groups in total. The Morgan fingerprint density at radius 2 is 1.71 bits per heavy atom. The van der Waals surface area contributed by atoms with Gasteiger partial charge in [0.1, 0.15) is 17.9 Å². The summed E-state index contributed by atoms with van der Waals surface area (Å²) in [5.74, 6) is 1.60. The van der Waals surface area contributed by atoms with E-state index < -0.39 is 0 Å². The zero-order chi connectivity index (χ0) is 21.2. The Hall–Kier alpha value is -3.81. The minimum absolute atomic E-state index is 0.203. The predicted molar refractivity (Wildman–Crippen MR) is 120 cm³/mol. The van der Waals surface area contributed by atoms with E-state index in [1.807, 2.05) is 36.4 Å². The lowest BCUT2D eigenvalue weighted by atomic mass is 10.2. The van der Waals surface area contributed by atoms with Crippen LogP contribution in [0.5, 0.6) is 5.75 Å². The Morgan fingerprint density at radius 3 is 2.48 bits per heavy atom. The Labute approximate surface area is 179 Å². The molecule has 4 aromatic rings. The molecule has 1 saturated heterocycles. The van der Waals surface area contributed by atoms with E-state index >= 15 is 0 Å². The second-order valence-electron chi connectivity index (χ2n) is 7.58. The Kier molecular flexibility index (Phi) is 5.03. The van der Waals surface area contributed by atoms with Crippen LogP contribution >= 0.6 is 0 Å². The lowest BCUT2D eigenvalue weighted by Crippen LogP contribution is -2.46. The van der Waals surface area contributed by atoms with Crippen molar-refractivity contribution in [3.8, 4) is 5.75 Å². The lowest BCUT2D eigenvalue weighted by molar-refractivity contribution is 0.414. The van der Waals surface area contributed by atoms with Gasteiger partial charge in [0.15, 0.2) is 5.65 Å². The molecule has 31 heavy (non-hydrogen) atoms. The second-order valence-corrected chi connectivity index (χ2v) is 7.58. The van der Waals surface area contributed by atoms with Crippen molar-refractivity contribution in [2.24, 2.45) is 0 Å². The number of anilines is 2. The molecule has 0 bridgehead atoms. The maximum atomic E-state index is 12.7. The third-order valence-corrected chi connectivity index (χ3v) is 5.65. The largest absolute Gasteiger partial charge is 0.497 e. The summed E-state index contributed by atoms with van der Waals surface area (Å²) in [6.07, 6.45) is 1.58. The average molecular weight is 416 g/mol. The maximum Gasteiger partial charge on any atom is 0.351 e. The van der Waals surface area contributed by atoms with Crippen LogP contribution in [-0.2, 0) is 6.54 Å². The van der Waals surface area contributed by atoms with E-state index in [9.17, 15) is 4.79 Å². The summed E-state index contributed by atoms with van der Waals surface area (Å²) in [7, 11) is 1.63. The van der Waals surface area contributed by atoms with Crippen molar-refractivity contribution < 1.29 is 4.74 Å². The van der Waals surface area contributed by atoms with E-state index in [4.69, 9.17) is 4.74 Å². The van der Waals surface area contributed by atoms with Crippen LogP contribution in [0, 0.1) is 0 Å². The molecule has 5 rings (SSSR count). The Morgan fingerprint density at radius 1 is 0.935 bits per heavy atom. The van der Waals surface area contributed by atoms with E-state index in [0.717, 1.165) is 43.3 Å². The number of benzene rings is 2. The van der Waals surface area contributed by atoms with Gasteiger partial charge in [-0.1, -0.05) is 30.3 Å².